The van der Waals surface area contributed by atoms with Crippen LogP contribution in [-0.2, 0) is 6.42 Å². The van der Waals surface area contributed by atoms with Gasteiger partial charge in [-0.15, -0.1) is 0 Å². The molecule has 1 N–H and O–H groups in total. The first kappa shape index (κ1) is 17.7. The summed E-state index contributed by atoms with van der Waals surface area (Å²) in [5, 5.41) is 0. The van der Waals surface area contributed by atoms with E-state index < -0.39 is 23.3 Å². The molecule has 1 aromatic heterocycles. The molecule has 4 rings (SSSR count). The molecule has 1 heterocycles. The van der Waals surface area contributed by atoms with Crippen LogP contribution in [0.25, 0.3) is 22.4 Å². The predicted molar refractivity (Wildman–Crippen MR) is 98.3 cm³/mol. The monoisotopic (exact) mass is 434 g/mol. The van der Waals surface area contributed by atoms with E-state index in [9.17, 15) is 17.6 Å². The zero-order valence-corrected chi connectivity index (χ0v) is 15.2. The molecule has 0 atom stereocenters. The first-order valence-electron chi connectivity index (χ1n) is 8.00. The lowest BCUT2D eigenvalue weighted by Crippen LogP contribution is -1.99. The van der Waals surface area contributed by atoms with Crippen molar-refractivity contribution in [2.24, 2.45) is 0 Å². The molecule has 27 heavy (non-hydrogen) atoms. The van der Waals surface area contributed by atoms with Crippen molar-refractivity contribution < 1.29 is 17.6 Å². The van der Waals surface area contributed by atoms with Gasteiger partial charge in [-0.2, -0.15) is 0 Å². The molecule has 0 aliphatic rings. The number of aromatic nitrogens is 2. The summed E-state index contributed by atoms with van der Waals surface area (Å²) in [6, 6.07) is 10.5. The highest BCUT2D eigenvalue weighted by atomic mass is 79.9. The molecule has 136 valence electrons. The Kier molecular flexibility index (Phi) is 4.47. The van der Waals surface area contributed by atoms with E-state index in [2.05, 4.69) is 25.9 Å². The van der Waals surface area contributed by atoms with Gasteiger partial charge < -0.3 is 4.98 Å². The number of H-pyrrole nitrogens is 1. The largest absolute Gasteiger partial charge is 0.338 e. The molecule has 0 amide bonds. The lowest BCUT2D eigenvalue weighted by Gasteiger charge is -2.08. The summed E-state index contributed by atoms with van der Waals surface area (Å²) in [4.78, 5) is 7.19. The van der Waals surface area contributed by atoms with E-state index >= 15 is 0 Å². The van der Waals surface area contributed by atoms with Gasteiger partial charge >= 0.3 is 0 Å². The Bertz CT molecular complexity index is 1130. The molecule has 3 aromatic carbocycles. The average Bonchev–Trinajstić information content (AvgIpc) is 3.03. The minimum Gasteiger partial charge on any atom is -0.338 e. The molecule has 4 aromatic rings. The number of fused-ring (bicyclic) bond motifs is 1. The van der Waals surface area contributed by atoms with E-state index in [1.807, 2.05) is 0 Å². The minimum atomic E-state index is -0.755. The second-order valence-corrected chi connectivity index (χ2v) is 6.84. The Balaban J connectivity index is 1.90. The Morgan fingerprint density at radius 2 is 1.37 bits per heavy atom. The van der Waals surface area contributed by atoms with E-state index in [-0.39, 0.29) is 23.4 Å². The number of imidazole rings is 1. The summed E-state index contributed by atoms with van der Waals surface area (Å²) in [5.41, 5.74) is 1.00. The van der Waals surface area contributed by atoms with Crippen molar-refractivity contribution in [3.05, 3.63) is 87.4 Å². The molecular formula is C20H11BrF4N2. The van der Waals surface area contributed by atoms with Crippen molar-refractivity contribution in [3.8, 4) is 11.4 Å². The van der Waals surface area contributed by atoms with E-state index in [4.69, 9.17) is 0 Å². The Hall–Kier alpha value is -2.67. The molecule has 0 aliphatic carbocycles. The summed E-state index contributed by atoms with van der Waals surface area (Å²) < 4.78 is 56.9. The quantitative estimate of drug-likeness (QED) is 0.385. The Morgan fingerprint density at radius 3 is 2.00 bits per heavy atom. The summed E-state index contributed by atoms with van der Waals surface area (Å²) in [6.45, 7) is 0. The number of benzene rings is 3. The fourth-order valence-corrected chi connectivity index (χ4v) is 3.46. The zero-order valence-electron chi connectivity index (χ0n) is 13.7. The van der Waals surface area contributed by atoms with Crippen LogP contribution in [0.3, 0.4) is 0 Å². The third kappa shape index (κ3) is 3.12. The van der Waals surface area contributed by atoms with E-state index in [0.29, 0.717) is 21.1 Å². The van der Waals surface area contributed by atoms with Gasteiger partial charge in [-0.25, -0.2) is 22.5 Å². The maximum atomic E-state index is 14.1. The van der Waals surface area contributed by atoms with Crippen LogP contribution in [0.15, 0.2) is 53.0 Å². The zero-order chi connectivity index (χ0) is 19.1. The molecule has 0 unspecified atom stereocenters. The normalized spacial score (nSPS) is 11.3. The molecule has 7 heteroatoms. The Morgan fingerprint density at radius 1 is 0.778 bits per heavy atom. The van der Waals surface area contributed by atoms with Crippen molar-refractivity contribution in [1.29, 1.82) is 0 Å². The number of hydrogen-bond acceptors (Lipinski definition) is 1. The van der Waals surface area contributed by atoms with Gasteiger partial charge in [0.15, 0.2) is 0 Å². The molecule has 2 nitrogen and oxygen atoms in total. The second-order valence-electron chi connectivity index (χ2n) is 5.98. The van der Waals surface area contributed by atoms with Crippen molar-refractivity contribution >= 4 is 27.0 Å². The summed E-state index contributed by atoms with van der Waals surface area (Å²) in [6.07, 6.45) is -0.0690. The molecule has 0 fully saturated rings. The van der Waals surface area contributed by atoms with Gasteiger partial charge in [-0.1, -0.05) is 28.1 Å². The molecule has 0 bridgehead atoms. The van der Waals surface area contributed by atoms with Crippen LogP contribution in [0.4, 0.5) is 17.6 Å². The molecule has 0 aliphatic heterocycles. The lowest BCUT2D eigenvalue weighted by atomic mass is 10.0. The van der Waals surface area contributed by atoms with E-state index in [1.54, 1.807) is 12.1 Å². The van der Waals surface area contributed by atoms with Crippen LogP contribution in [0, 0.1) is 23.3 Å². The predicted octanol–water partition coefficient (Wildman–Crippen LogP) is 6.14. The van der Waals surface area contributed by atoms with Gasteiger partial charge in [-0.05, 0) is 42.0 Å². The van der Waals surface area contributed by atoms with Gasteiger partial charge in [0.2, 0.25) is 0 Å². The number of rotatable bonds is 3. The van der Waals surface area contributed by atoms with Crippen LogP contribution in [0.2, 0.25) is 0 Å². The number of nitrogens with one attached hydrogen (secondary N) is 1. The smallest absolute Gasteiger partial charge is 0.144 e. The fourth-order valence-electron chi connectivity index (χ4n) is 3.00. The van der Waals surface area contributed by atoms with E-state index in [0.717, 1.165) is 12.1 Å². The Labute approximate surface area is 160 Å². The molecule has 0 saturated heterocycles. The first-order valence-corrected chi connectivity index (χ1v) is 8.79. The van der Waals surface area contributed by atoms with Crippen molar-refractivity contribution in [1.82, 2.24) is 9.97 Å². The molecular weight excluding hydrogens is 424 g/mol. The number of aromatic amines is 1. The van der Waals surface area contributed by atoms with Crippen molar-refractivity contribution in [3.63, 3.8) is 0 Å². The first-order chi connectivity index (χ1) is 13.0. The van der Waals surface area contributed by atoms with Gasteiger partial charge in [0.05, 0.1) is 16.6 Å². The van der Waals surface area contributed by atoms with Crippen LogP contribution < -0.4 is 0 Å². The molecule has 0 spiro atoms. The second kappa shape index (κ2) is 6.81. The van der Waals surface area contributed by atoms with Gasteiger partial charge in [0.1, 0.15) is 29.1 Å². The maximum Gasteiger partial charge on any atom is 0.144 e. The lowest BCUT2D eigenvalue weighted by molar-refractivity contribution is 0.561. The number of hydrogen-bond donors (Lipinski definition) is 1. The van der Waals surface area contributed by atoms with Crippen LogP contribution in [0.1, 0.15) is 11.1 Å². The van der Waals surface area contributed by atoms with Crippen LogP contribution in [0.5, 0.6) is 0 Å². The van der Waals surface area contributed by atoms with Crippen LogP contribution in [-0.4, -0.2) is 9.97 Å². The van der Waals surface area contributed by atoms with Crippen molar-refractivity contribution in [2.75, 3.05) is 0 Å². The standard InChI is InChI=1S/C20H11BrF4N2/c21-12-7-8-17-19(10(12)9-11-13(22)3-1-4-14(11)23)27-20(26-17)18-15(24)5-2-6-16(18)25/h1-8H,9H2,(H,26,27). The van der Waals surface area contributed by atoms with Gasteiger partial charge in [0.25, 0.3) is 0 Å². The molecule has 0 saturated carbocycles. The highest BCUT2D eigenvalue weighted by molar-refractivity contribution is 9.10. The van der Waals surface area contributed by atoms with E-state index in [1.165, 1.54) is 24.3 Å². The summed E-state index contributed by atoms with van der Waals surface area (Å²) in [5.74, 6) is -2.84. The highest BCUT2D eigenvalue weighted by Gasteiger charge is 2.19. The minimum absolute atomic E-state index is 0.00829. The summed E-state index contributed by atoms with van der Waals surface area (Å²) >= 11 is 3.37. The maximum absolute atomic E-state index is 14.1. The number of nitrogens with zero attached hydrogens (tertiary/aromatic N) is 1. The third-order valence-electron chi connectivity index (χ3n) is 4.32. The third-order valence-corrected chi connectivity index (χ3v) is 5.06. The highest BCUT2D eigenvalue weighted by Crippen LogP contribution is 2.32. The molecule has 0 radical (unpaired) electrons. The fraction of sp³-hybridized carbons (Fsp3) is 0.0500. The van der Waals surface area contributed by atoms with Gasteiger partial charge in [0, 0.05) is 16.5 Å². The van der Waals surface area contributed by atoms with Crippen molar-refractivity contribution in [2.45, 2.75) is 6.42 Å². The average molecular weight is 435 g/mol. The topological polar surface area (TPSA) is 28.7 Å². The van der Waals surface area contributed by atoms with Crippen LogP contribution >= 0.6 is 15.9 Å². The SMILES string of the molecule is Fc1cccc(F)c1Cc1c(Br)ccc2[nH]c(-c3c(F)cccc3F)nc12. The van der Waals surface area contributed by atoms with Gasteiger partial charge in [-0.3, -0.25) is 0 Å². The number of halogens is 5. The summed E-state index contributed by atoms with van der Waals surface area (Å²) in [7, 11) is 0.